The molecule has 118 valence electrons. The van der Waals surface area contributed by atoms with Crippen LogP contribution in [-0.4, -0.2) is 35.9 Å². The number of carbonyl (C=O) groups is 3. The van der Waals surface area contributed by atoms with Crippen molar-refractivity contribution in [3.05, 3.63) is 11.6 Å². The van der Waals surface area contributed by atoms with Crippen LogP contribution in [0.5, 0.6) is 0 Å². The number of nitrogens with zero attached hydrogens (tertiary/aromatic N) is 1. The van der Waals surface area contributed by atoms with Crippen molar-refractivity contribution in [2.24, 2.45) is 0 Å². The summed E-state index contributed by atoms with van der Waals surface area (Å²) in [6.45, 7) is 4.28. The molecule has 6 heteroatoms. The molecule has 0 atom stereocenters. The fraction of sp³-hybridized carbons (Fsp3) is 0.667. The van der Waals surface area contributed by atoms with E-state index in [1.54, 1.807) is 6.08 Å². The number of carbonyl (C=O) groups excluding carboxylic acids is 3. The van der Waals surface area contributed by atoms with Crippen LogP contribution in [0.15, 0.2) is 11.6 Å². The number of hydrazine groups is 1. The maximum Gasteiger partial charge on any atom is 0.334 e. The number of hydrogen-bond donors (Lipinski definition) is 1. The normalized spacial score (nSPS) is 13.6. The van der Waals surface area contributed by atoms with Crippen molar-refractivity contribution in [2.45, 2.75) is 52.4 Å². The predicted molar refractivity (Wildman–Crippen MR) is 77.9 cm³/mol. The summed E-state index contributed by atoms with van der Waals surface area (Å²) < 4.78 is 4.79. The molecule has 2 amide bonds. The average molecular weight is 296 g/mol. The first-order valence-electron chi connectivity index (χ1n) is 7.48. The van der Waals surface area contributed by atoms with Crippen molar-refractivity contribution in [1.82, 2.24) is 10.4 Å². The molecule has 1 rings (SSSR count). The SMILES string of the molecule is CCCCCCN(NC(C)=O)C(=O)CCC1=CCOC1=O. The van der Waals surface area contributed by atoms with E-state index in [-0.39, 0.29) is 30.8 Å². The Morgan fingerprint density at radius 2 is 2.10 bits per heavy atom. The van der Waals surface area contributed by atoms with Gasteiger partial charge in [-0.2, -0.15) is 0 Å². The molecule has 0 spiro atoms. The Morgan fingerprint density at radius 1 is 1.33 bits per heavy atom. The standard InChI is InChI=1S/C15H24N2O4/c1-3-4-5-6-10-17(16-12(2)18)14(19)8-7-13-9-11-21-15(13)20/h9H,3-8,10-11H2,1-2H3,(H,16,18). The summed E-state index contributed by atoms with van der Waals surface area (Å²) in [7, 11) is 0. The number of amides is 2. The maximum atomic E-state index is 12.1. The number of cyclic esters (lactones) is 1. The molecule has 0 aliphatic carbocycles. The van der Waals surface area contributed by atoms with E-state index < -0.39 is 0 Å². The summed E-state index contributed by atoms with van der Waals surface area (Å²) in [4.78, 5) is 34.6. The quantitative estimate of drug-likeness (QED) is 0.420. The van der Waals surface area contributed by atoms with E-state index in [9.17, 15) is 14.4 Å². The molecular weight excluding hydrogens is 272 g/mol. The van der Waals surface area contributed by atoms with Gasteiger partial charge in [0, 0.05) is 25.5 Å². The fourth-order valence-corrected chi connectivity index (χ4v) is 2.10. The van der Waals surface area contributed by atoms with Crippen molar-refractivity contribution in [2.75, 3.05) is 13.2 Å². The van der Waals surface area contributed by atoms with Crippen molar-refractivity contribution in [3.8, 4) is 0 Å². The molecule has 0 bridgehead atoms. The maximum absolute atomic E-state index is 12.1. The highest BCUT2D eigenvalue weighted by Crippen LogP contribution is 2.14. The zero-order valence-electron chi connectivity index (χ0n) is 12.8. The lowest BCUT2D eigenvalue weighted by atomic mass is 10.1. The minimum absolute atomic E-state index is 0.178. The zero-order valence-corrected chi connectivity index (χ0v) is 12.8. The minimum atomic E-state index is -0.350. The summed E-state index contributed by atoms with van der Waals surface area (Å²) in [5.41, 5.74) is 3.09. The number of rotatable bonds is 8. The second-order valence-electron chi connectivity index (χ2n) is 5.10. The van der Waals surface area contributed by atoms with Gasteiger partial charge in [0.25, 0.3) is 0 Å². The van der Waals surface area contributed by atoms with Gasteiger partial charge in [0.1, 0.15) is 6.61 Å². The largest absolute Gasteiger partial charge is 0.458 e. The van der Waals surface area contributed by atoms with Crippen LogP contribution in [-0.2, 0) is 19.1 Å². The van der Waals surface area contributed by atoms with Crippen LogP contribution < -0.4 is 5.43 Å². The van der Waals surface area contributed by atoms with Gasteiger partial charge in [-0.15, -0.1) is 0 Å². The van der Waals surface area contributed by atoms with Gasteiger partial charge in [-0.05, 0) is 18.9 Å². The van der Waals surface area contributed by atoms with Gasteiger partial charge in [0.2, 0.25) is 11.8 Å². The van der Waals surface area contributed by atoms with E-state index >= 15 is 0 Å². The molecular formula is C15H24N2O4. The van der Waals surface area contributed by atoms with Crippen LogP contribution in [0.25, 0.3) is 0 Å². The van der Waals surface area contributed by atoms with E-state index in [0.717, 1.165) is 25.7 Å². The van der Waals surface area contributed by atoms with Crippen molar-refractivity contribution < 1.29 is 19.1 Å². The fourth-order valence-electron chi connectivity index (χ4n) is 2.10. The lowest BCUT2D eigenvalue weighted by Crippen LogP contribution is -2.45. The monoisotopic (exact) mass is 296 g/mol. The number of ether oxygens (including phenoxy) is 1. The van der Waals surface area contributed by atoms with Crippen LogP contribution in [0.1, 0.15) is 52.4 Å². The molecule has 1 heterocycles. The highest BCUT2D eigenvalue weighted by atomic mass is 16.5. The van der Waals surface area contributed by atoms with Crippen LogP contribution in [0, 0.1) is 0 Å². The lowest BCUT2D eigenvalue weighted by Gasteiger charge is -2.22. The molecule has 21 heavy (non-hydrogen) atoms. The Morgan fingerprint density at radius 3 is 2.67 bits per heavy atom. The van der Waals surface area contributed by atoms with Crippen LogP contribution >= 0.6 is 0 Å². The van der Waals surface area contributed by atoms with Crippen LogP contribution in [0.4, 0.5) is 0 Å². The molecule has 6 nitrogen and oxygen atoms in total. The van der Waals surface area contributed by atoms with Gasteiger partial charge in [0.05, 0.1) is 0 Å². The lowest BCUT2D eigenvalue weighted by molar-refractivity contribution is -0.141. The second-order valence-corrected chi connectivity index (χ2v) is 5.10. The first-order valence-corrected chi connectivity index (χ1v) is 7.48. The van der Waals surface area contributed by atoms with Gasteiger partial charge >= 0.3 is 5.97 Å². The number of hydrogen-bond acceptors (Lipinski definition) is 4. The Hall–Kier alpha value is -1.85. The molecule has 0 aromatic carbocycles. The van der Waals surface area contributed by atoms with Gasteiger partial charge in [-0.1, -0.05) is 26.2 Å². The molecule has 0 unspecified atom stereocenters. The number of nitrogens with one attached hydrogen (secondary N) is 1. The topological polar surface area (TPSA) is 75.7 Å². The summed E-state index contributed by atoms with van der Waals surface area (Å²) in [6, 6.07) is 0. The highest BCUT2D eigenvalue weighted by molar-refractivity contribution is 5.91. The van der Waals surface area contributed by atoms with Crippen LogP contribution in [0.2, 0.25) is 0 Å². The third-order valence-electron chi connectivity index (χ3n) is 3.24. The second kappa shape index (κ2) is 9.15. The predicted octanol–water partition coefficient (Wildman–Crippen LogP) is 1.71. The van der Waals surface area contributed by atoms with Crippen LogP contribution in [0.3, 0.4) is 0 Å². The third-order valence-corrected chi connectivity index (χ3v) is 3.24. The van der Waals surface area contributed by atoms with E-state index in [2.05, 4.69) is 12.3 Å². The molecule has 0 saturated heterocycles. The third kappa shape index (κ3) is 6.42. The minimum Gasteiger partial charge on any atom is -0.458 e. The number of esters is 1. The van der Waals surface area contributed by atoms with E-state index in [0.29, 0.717) is 18.5 Å². The highest BCUT2D eigenvalue weighted by Gasteiger charge is 2.20. The summed E-state index contributed by atoms with van der Waals surface area (Å²) in [6.07, 6.45) is 6.34. The van der Waals surface area contributed by atoms with Gasteiger partial charge in [-0.25, -0.2) is 4.79 Å². The van der Waals surface area contributed by atoms with E-state index in [4.69, 9.17) is 4.74 Å². The Bertz CT molecular complexity index is 418. The summed E-state index contributed by atoms with van der Waals surface area (Å²) >= 11 is 0. The number of unbranched alkanes of at least 4 members (excludes halogenated alkanes) is 3. The average Bonchev–Trinajstić information content (AvgIpc) is 2.84. The molecule has 0 aromatic rings. The smallest absolute Gasteiger partial charge is 0.334 e. The molecule has 1 aliphatic heterocycles. The van der Waals surface area contributed by atoms with Gasteiger partial charge < -0.3 is 4.74 Å². The first-order chi connectivity index (χ1) is 10.0. The molecule has 0 aromatic heterocycles. The molecule has 1 aliphatic rings. The summed E-state index contributed by atoms with van der Waals surface area (Å²) in [5, 5.41) is 1.36. The van der Waals surface area contributed by atoms with Crippen molar-refractivity contribution in [3.63, 3.8) is 0 Å². The zero-order chi connectivity index (χ0) is 15.7. The Kier molecular flexibility index (Phi) is 7.50. The molecule has 0 radical (unpaired) electrons. The molecule has 0 fully saturated rings. The Balaban J connectivity index is 2.42. The van der Waals surface area contributed by atoms with E-state index in [1.165, 1.54) is 11.9 Å². The van der Waals surface area contributed by atoms with Crippen molar-refractivity contribution >= 4 is 17.8 Å². The molecule has 0 saturated carbocycles. The van der Waals surface area contributed by atoms with E-state index in [1.807, 2.05) is 0 Å². The van der Waals surface area contributed by atoms with Gasteiger partial charge in [-0.3, -0.25) is 20.0 Å². The van der Waals surface area contributed by atoms with Crippen molar-refractivity contribution in [1.29, 1.82) is 0 Å². The summed E-state index contributed by atoms with van der Waals surface area (Å²) in [5.74, 6) is -0.794. The first kappa shape index (κ1) is 17.2. The Labute approximate surface area is 125 Å². The van der Waals surface area contributed by atoms with Gasteiger partial charge in [0.15, 0.2) is 0 Å². The molecule has 1 N–H and O–H groups in total.